The zero-order valence-corrected chi connectivity index (χ0v) is 16.2. The van der Waals surface area contributed by atoms with Gasteiger partial charge in [0, 0.05) is 5.54 Å². The Morgan fingerprint density at radius 2 is 1.42 bits per heavy atom. The minimum atomic E-state index is -0.818. The Morgan fingerprint density at radius 1 is 0.962 bits per heavy atom. The molecule has 0 unspecified atom stereocenters. The van der Waals surface area contributed by atoms with E-state index < -0.39 is 23.6 Å². The monoisotopic (exact) mass is 365 g/mol. The molecule has 0 aromatic heterocycles. The number of rotatable bonds is 7. The van der Waals surface area contributed by atoms with E-state index in [0.717, 1.165) is 0 Å². The first-order valence-electron chi connectivity index (χ1n) is 8.55. The fourth-order valence-corrected chi connectivity index (χ4v) is 2.06. The van der Waals surface area contributed by atoms with Gasteiger partial charge in [0.15, 0.2) is 6.10 Å². The molecule has 1 aromatic rings. The van der Waals surface area contributed by atoms with Crippen molar-refractivity contribution in [2.75, 3.05) is 13.2 Å². The summed E-state index contributed by atoms with van der Waals surface area (Å²) in [4.78, 5) is 36.2. The summed E-state index contributed by atoms with van der Waals surface area (Å²) in [5.41, 5.74) is -0.107. The summed E-state index contributed by atoms with van der Waals surface area (Å²) in [6.45, 7) is 10.9. The van der Waals surface area contributed by atoms with Crippen LogP contribution in [0.15, 0.2) is 18.2 Å². The first-order chi connectivity index (χ1) is 12.1. The molecule has 1 amide bonds. The molecule has 0 spiro atoms. The molecule has 0 aliphatic carbocycles. The van der Waals surface area contributed by atoms with Crippen molar-refractivity contribution in [3.8, 4) is 5.75 Å². The van der Waals surface area contributed by atoms with Crippen molar-refractivity contribution in [2.24, 2.45) is 0 Å². The number of carbonyl (C=O) groups excluding carboxylic acids is 3. The number of amides is 1. The highest BCUT2D eigenvalue weighted by molar-refractivity contribution is 5.96. The van der Waals surface area contributed by atoms with E-state index in [1.54, 1.807) is 20.8 Å². The topological polar surface area (TPSA) is 90.9 Å². The van der Waals surface area contributed by atoms with Crippen LogP contribution in [0, 0.1) is 0 Å². The fraction of sp³-hybridized carbons (Fsp3) is 0.526. The van der Waals surface area contributed by atoms with E-state index in [4.69, 9.17) is 14.2 Å². The predicted octanol–water partition coefficient (Wildman–Crippen LogP) is 2.72. The van der Waals surface area contributed by atoms with Crippen LogP contribution in [0.25, 0.3) is 0 Å². The summed E-state index contributed by atoms with van der Waals surface area (Å²) in [5, 5.41) is 2.81. The molecule has 7 nitrogen and oxygen atoms in total. The molecule has 0 fully saturated rings. The van der Waals surface area contributed by atoms with Gasteiger partial charge in [0.1, 0.15) is 5.75 Å². The highest BCUT2D eigenvalue weighted by Crippen LogP contribution is 2.21. The van der Waals surface area contributed by atoms with Gasteiger partial charge in [-0.15, -0.1) is 0 Å². The number of benzene rings is 1. The molecule has 7 heteroatoms. The van der Waals surface area contributed by atoms with Crippen LogP contribution in [0.4, 0.5) is 0 Å². The minimum Gasteiger partial charge on any atom is -0.481 e. The van der Waals surface area contributed by atoms with Crippen LogP contribution in [0.5, 0.6) is 5.75 Å². The first-order valence-corrected chi connectivity index (χ1v) is 8.55. The molecule has 26 heavy (non-hydrogen) atoms. The summed E-state index contributed by atoms with van der Waals surface area (Å²) in [6.07, 6.45) is -0.818. The number of carbonyl (C=O) groups is 3. The van der Waals surface area contributed by atoms with Gasteiger partial charge in [-0.1, -0.05) is 0 Å². The standard InChI is InChI=1S/C19H27NO6/c1-7-24-17(22)13-9-14(18(23)25-8-2)11-15(10-13)26-12(3)16(21)20-19(4,5)6/h9-12H,7-8H2,1-6H3,(H,20,21)/t12-/m0/s1. The van der Waals surface area contributed by atoms with Crippen molar-refractivity contribution in [1.82, 2.24) is 5.32 Å². The zero-order valence-electron chi connectivity index (χ0n) is 16.2. The van der Waals surface area contributed by atoms with Gasteiger partial charge in [-0.25, -0.2) is 9.59 Å². The van der Waals surface area contributed by atoms with E-state index in [2.05, 4.69) is 5.32 Å². The molecule has 0 saturated heterocycles. The molecule has 1 N–H and O–H groups in total. The van der Waals surface area contributed by atoms with E-state index in [9.17, 15) is 14.4 Å². The lowest BCUT2D eigenvalue weighted by Crippen LogP contribution is -2.46. The highest BCUT2D eigenvalue weighted by atomic mass is 16.5. The van der Waals surface area contributed by atoms with Crippen LogP contribution in [0.2, 0.25) is 0 Å². The summed E-state index contributed by atoms with van der Waals surface area (Å²) in [5.74, 6) is -1.28. The van der Waals surface area contributed by atoms with Gasteiger partial charge in [-0.05, 0) is 59.7 Å². The van der Waals surface area contributed by atoms with Gasteiger partial charge in [0.25, 0.3) is 5.91 Å². The van der Waals surface area contributed by atoms with E-state index in [0.29, 0.717) is 0 Å². The molecule has 144 valence electrons. The summed E-state index contributed by atoms with van der Waals surface area (Å²) in [7, 11) is 0. The van der Waals surface area contributed by atoms with Crippen LogP contribution in [-0.4, -0.2) is 42.7 Å². The predicted molar refractivity (Wildman–Crippen MR) is 96.3 cm³/mol. The minimum absolute atomic E-state index is 0.149. The summed E-state index contributed by atoms with van der Waals surface area (Å²) < 4.78 is 15.6. The number of ether oxygens (including phenoxy) is 3. The summed E-state index contributed by atoms with van der Waals surface area (Å²) in [6, 6.07) is 4.24. The number of esters is 2. The smallest absolute Gasteiger partial charge is 0.338 e. The van der Waals surface area contributed by atoms with E-state index in [-0.39, 0.29) is 36.0 Å². The van der Waals surface area contributed by atoms with Crippen molar-refractivity contribution in [2.45, 2.75) is 53.2 Å². The molecule has 0 heterocycles. The van der Waals surface area contributed by atoms with E-state index in [1.807, 2.05) is 20.8 Å². The molecule has 1 atom stereocenters. The van der Waals surface area contributed by atoms with Gasteiger partial charge < -0.3 is 19.5 Å². The van der Waals surface area contributed by atoms with Gasteiger partial charge in [0.2, 0.25) is 0 Å². The maximum Gasteiger partial charge on any atom is 0.338 e. The van der Waals surface area contributed by atoms with E-state index >= 15 is 0 Å². The third-order valence-corrected chi connectivity index (χ3v) is 3.11. The number of hydrogen-bond donors (Lipinski definition) is 1. The normalized spacial score (nSPS) is 12.1. The third kappa shape index (κ3) is 6.74. The molecule has 0 bridgehead atoms. The molecule has 1 aromatic carbocycles. The molecule has 0 aliphatic rings. The molecule has 0 radical (unpaired) electrons. The van der Waals surface area contributed by atoms with Crippen molar-refractivity contribution in [3.63, 3.8) is 0 Å². The average molecular weight is 365 g/mol. The maximum atomic E-state index is 12.2. The number of hydrogen-bond acceptors (Lipinski definition) is 6. The Morgan fingerprint density at radius 3 is 1.81 bits per heavy atom. The zero-order chi connectivity index (χ0) is 19.9. The SMILES string of the molecule is CCOC(=O)c1cc(O[C@@H](C)C(=O)NC(C)(C)C)cc(C(=O)OCC)c1. The van der Waals surface area contributed by atoms with Crippen molar-refractivity contribution >= 4 is 17.8 Å². The van der Waals surface area contributed by atoms with Crippen molar-refractivity contribution in [3.05, 3.63) is 29.3 Å². The molecular formula is C19H27NO6. The van der Waals surface area contributed by atoms with Crippen molar-refractivity contribution in [1.29, 1.82) is 0 Å². The lowest BCUT2D eigenvalue weighted by Gasteiger charge is -2.23. The van der Waals surface area contributed by atoms with E-state index in [1.165, 1.54) is 18.2 Å². The third-order valence-electron chi connectivity index (χ3n) is 3.11. The molecule has 1 rings (SSSR count). The Labute approximate surface area is 154 Å². The Hall–Kier alpha value is -2.57. The second-order valence-electron chi connectivity index (χ2n) is 6.69. The first kappa shape index (κ1) is 21.5. The molecule has 0 saturated carbocycles. The van der Waals surface area contributed by atoms with Crippen LogP contribution >= 0.6 is 0 Å². The molecular weight excluding hydrogens is 338 g/mol. The molecule has 0 aliphatic heterocycles. The second kappa shape index (κ2) is 9.22. The van der Waals surface area contributed by atoms with Gasteiger partial charge in [-0.2, -0.15) is 0 Å². The Bertz CT molecular complexity index is 626. The van der Waals surface area contributed by atoms with Gasteiger partial charge >= 0.3 is 11.9 Å². The summed E-state index contributed by atoms with van der Waals surface area (Å²) >= 11 is 0. The van der Waals surface area contributed by atoms with Crippen molar-refractivity contribution < 1.29 is 28.6 Å². The van der Waals surface area contributed by atoms with Crippen LogP contribution < -0.4 is 10.1 Å². The lowest BCUT2D eigenvalue weighted by molar-refractivity contribution is -0.128. The Kier molecular flexibility index (Phi) is 7.61. The largest absolute Gasteiger partial charge is 0.481 e. The van der Waals surface area contributed by atoms with Crippen LogP contribution in [-0.2, 0) is 14.3 Å². The maximum absolute atomic E-state index is 12.2. The van der Waals surface area contributed by atoms with Crippen LogP contribution in [0.1, 0.15) is 62.3 Å². The van der Waals surface area contributed by atoms with Crippen LogP contribution in [0.3, 0.4) is 0 Å². The average Bonchev–Trinajstić information content (AvgIpc) is 2.53. The van der Waals surface area contributed by atoms with Gasteiger partial charge in [-0.3, -0.25) is 4.79 Å². The quantitative estimate of drug-likeness (QED) is 0.747. The van der Waals surface area contributed by atoms with Gasteiger partial charge in [0.05, 0.1) is 24.3 Å². The number of nitrogens with one attached hydrogen (secondary N) is 1. The Balaban J connectivity index is 3.10. The second-order valence-corrected chi connectivity index (χ2v) is 6.69. The fourth-order valence-electron chi connectivity index (χ4n) is 2.06. The lowest BCUT2D eigenvalue weighted by atomic mass is 10.1. The highest BCUT2D eigenvalue weighted by Gasteiger charge is 2.22.